The van der Waals surface area contributed by atoms with Gasteiger partial charge in [0.15, 0.2) is 0 Å². The molecule has 0 saturated carbocycles. The molecule has 7 heteroatoms. The molecule has 1 aromatic carbocycles. The van der Waals surface area contributed by atoms with E-state index in [0.29, 0.717) is 6.04 Å². The zero-order valence-corrected chi connectivity index (χ0v) is 14.0. The van der Waals surface area contributed by atoms with Gasteiger partial charge in [-0.2, -0.15) is 5.10 Å². The molecule has 25 heavy (non-hydrogen) atoms. The summed E-state index contributed by atoms with van der Waals surface area (Å²) in [4.78, 5) is 0. The highest BCUT2D eigenvalue weighted by Gasteiger charge is 2.16. The molecule has 0 radical (unpaired) electrons. The molecule has 1 aliphatic rings. The van der Waals surface area contributed by atoms with Crippen molar-refractivity contribution in [3.05, 3.63) is 48.4 Å². The highest BCUT2D eigenvalue weighted by atomic mass is 16.3. The summed E-state index contributed by atoms with van der Waals surface area (Å²) >= 11 is 0. The number of rotatable bonds is 5. The predicted octanol–water partition coefficient (Wildman–Crippen LogP) is 2.01. The van der Waals surface area contributed by atoms with Gasteiger partial charge >= 0.3 is 0 Å². The van der Waals surface area contributed by atoms with Crippen molar-refractivity contribution in [2.75, 3.05) is 13.1 Å². The Morgan fingerprint density at radius 3 is 2.72 bits per heavy atom. The number of aromatic nitrogens is 5. The molecule has 2 N–H and O–H groups in total. The van der Waals surface area contributed by atoms with Gasteiger partial charge in [-0.1, -0.05) is 17.3 Å². The minimum absolute atomic E-state index is 0.289. The molecule has 1 aliphatic heterocycles. The van der Waals surface area contributed by atoms with E-state index in [-0.39, 0.29) is 5.75 Å². The van der Waals surface area contributed by atoms with Crippen LogP contribution < -0.4 is 5.32 Å². The van der Waals surface area contributed by atoms with Crippen molar-refractivity contribution in [2.24, 2.45) is 0 Å². The number of hydrogen-bond acceptors (Lipinski definition) is 5. The molecule has 1 fully saturated rings. The van der Waals surface area contributed by atoms with Crippen LogP contribution in [0.3, 0.4) is 0 Å². The molecule has 2 aromatic heterocycles. The van der Waals surface area contributed by atoms with E-state index >= 15 is 0 Å². The number of aryl methyl sites for hydroxylation is 2. The van der Waals surface area contributed by atoms with Crippen LogP contribution in [0.1, 0.15) is 24.4 Å². The first-order valence-electron chi connectivity index (χ1n) is 8.71. The second-order valence-electron chi connectivity index (χ2n) is 6.47. The van der Waals surface area contributed by atoms with Gasteiger partial charge in [0, 0.05) is 18.3 Å². The molecular weight excluding hydrogens is 316 g/mol. The Balaban J connectivity index is 1.40. The maximum Gasteiger partial charge on any atom is 0.116 e. The van der Waals surface area contributed by atoms with E-state index in [0.717, 1.165) is 55.7 Å². The molecule has 3 aromatic rings. The van der Waals surface area contributed by atoms with Crippen molar-refractivity contribution in [2.45, 2.75) is 31.8 Å². The summed E-state index contributed by atoms with van der Waals surface area (Å²) in [5, 5.41) is 25.7. The topological polar surface area (TPSA) is 80.8 Å². The number of benzene rings is 1. The molecule has 0 unspecified atom stereocenters. The van der Waals surface area contributed by atoms with Gasteiger partial charge in [-0.05, 0) is 50.0 Å². The highest BCUT2D eigenvalue weighted by molar-refractivity contribution is 5.55. The second-order valence-corrected chi connectivity index (χ2v) is 6.47. The number of nitrogens with one attached hydrogen (secondary N) is 1. The van der Waals surface area contributed by atoms with E-state index in [4.69, 9.17) is 0 Å². The molecule has 0 atom stereocenters. The number of aromatic hydroxyl groups is 1. The van der Waals surface area contributed by atoms with Gasteiger partial charge in [0.1, 0.15) is 11.4 Å². The van der Waals surface area contributed by atoms with Crippen LogP contribution in [-0.4, -0.2) is 43.0 Å². The summed E-state index contributed by atoms with van der Waals surface area (Å²) in [5.74, 6) is 0.289. The standard InChI is InChI=1S/C18H22N6O/c25-17-3-1-14(2-4-17)7-10-23-13-18(21-22-23)15-11-20-24(12-15)16-5-8-19-9-6-16/h1-4,11-13,16,19,25H,5-10H2. The third kappa shape index (κ3) is 3.71. The van der Waals surface area contributed by atoms with Crippen molar-refractivity contribution in [1.29, 1.82) is 0 Å². The maximum atomic E-state index is 9.33. The third-order valence-corrected chi connectivity index (χ3v) is 4.68. The Hall–Kier alpha value is -2.67. The van der Waals surface area contributed by atoms with Gasteiger partial charge in [0.05, 0.1) is 18.4 Å². The van der Waals surface area contributed by atoms with Gasteiger partial charge < -0.3 is 10.4 Å². The van der Waals surface area contributed by atoms with Crippen LogP contribution in [0.4, 0.5) is 0 Å². The van der Waals surface area contributed by atoms with Crippen molar-refractivity contribution in [3.8, 4) is 17.0 Å². The summed E-state index contributed by atoms with van der Waals surface area (Å²) in [5.41, 5.74) is 3.02. The smallest absolute Gasteiger partial charge is 0.116 e. The minimum atomic E-state index is 0.289. The highest BCUT2D eigenvalue weighted by Crippen LogP contribution is 2.22. The van der Waals surface area contributed by atoms with Crippen LogP contribution in [-0.2, 0) is 13.0 Å². The SMILES string of the molecule is Oc1ccc(CCn2cc(-c3cnn(C4CCNCC4)c3)nn2)cc1. The molecule has 4 rings (SSSR count). The summed E-state index contributed by atoms with van der Waals surface area (Å²) in [6, 6.07) is 7.74. The molecule has 0 spiro atoms. The summed E-state index contributed by atoms with van der Waals surface area (Å²) in [6.07, 6.45) is 8.98. The lowest BCUT2D eigenvalue weighted by atomic mass is 10.1. The lowest BCUT2D eigenvalue weighted by Gasteiger charge is -2.22. The fraction of sp³-hybridized carbons (Fsp3) is 0.389. The molecule has 130 valence electrons. The van der Waals surface area contributed by atoms with Crippen LogP contribution in [0.5, 0.6) is 5.75 Å². The lowest BCUT2D eigenvalue weighted by molar-refractivity contribution is 0.343. The van der Waals surface area contributed by atoms with Gasteiger partial charge in [-0.15, -0.1) is 5.10 Å². The monoisotopic (exact) mass is 338 g/mol. The van der Waals surface area contributed by atoms with Crippen molar-refractivity contribution in [3.63, 3.8) is 0 Å². The van der Waals surface area contributed by atoms with Gasteiger partial charge in [0.25, 0.3) is 0 Å². The Morgan fingerprint density at radius 2 is 1.92 bits per heavy atom. The van der Waals surface area contributed by atoms with E-state index < -0.39 is 0 Å². The molecule has 0 bridgehead atoms. The van der Waals surface area contributed by atoms with Gasteiger partial charge in [-0.25, -0.2) is 0 Å². The quantitative estimate of drug-likeness (QED) is 0.744. The lowest BCUT2D eigenvalue weighted by Crippen LogP contribution is -2.29. The maximum absolute atomic E-state index is 9.33. The molecular formula is C18H22N6O. The number of piperidine rings is 1. The summed E-state index contributed by atoms with van der Waals surface area (Å²) < 4.78 is 3.91. The number of hydrogen-bond donors (Lipinski definition) is 2. The van der Waals surface area contributed by atoms with Crippen LogP contribution >= 0.6 is 0 Å². The molecule has 0 amide bonds. The normalized spacial score (nSPS) is 15.5. The first kappa shape index (κ1) is 15.8. The third-order valence-electron chi connectivity index (χ3n) is 4.68. The molecule has 7 nitrogen and oxygen atoms in total. The van der Waals surface area contributed by atoms with Gasteiger partial charge in [0.2, 0.25) is 0 Å². The van der Waals surface area contributed by atoms with Crippen molar-refractivity contribution < 1.29 is 5.11 Å². The Labute approximate surface area is 146 Å². The molecule has 1 saturated heterocycles. The van der Waals surface area contributed by atoms with E-state index in [1.807, 2.05) is 29.2 Å². The fourth-order valence-corrected chi connectivity index (χ4v) is 3.19. The van der Waals surface area contributed by atoms with Gasteiger partial charge in [-0.3, -0.25) is 9.36 Å². The van der Waals surface area contributed by atoms with E-state index in [9.17, 15) is 5.11 Å². The predicted molar refractivity (Wildman–Crippen MR) is 94.2 cm³/mol. The first-order valence-corrected chi connectivity index (χ1v) is 8.71. The zero-order valence-electron chi connectivity index (χ0n) is 14.0. The molecule has 0 aliphatic carbocycles. The van der Waals surface area contributed by atoms with Crippen LogP contribution in [0.2, 0.25) is 0 Å². The van der Waals surface area contributed by atoms with Crippen LogP contribution in [0.25, 0.3) is 11.3 Å². The largest absolute Gasteiger partial charge is 0.508 e. The summed E-state index contributed by atoms with van der Waals surface area (Å²) in [7, 11) is 0. The van der Waals surface area contributed by atoms with Crippen molar-refractivity contribution >= 4 is 0 Å². The Bertz CT molecular complexity index is 816. The van der Waals surface area contributed by atoms with Crippen LogP contribution in [0.15, 0.2) is 42.9 Å². The average Bonchev–Trinajstić information content (AvgIpc) is 3.31. The fourth-order valence-electron chi connectivity index (χ4n) is 3.19. The number of phenols is 1. The Morgan fingerprint density at radius 1 is 1.12 bits per heavy atom. The van der Waals surface area contributed by atoms with Crippen molar-refractivity contribution in [1.82, 2.24) is 30.1 Å². The summed E-state index contributed by atoms with van der Waals surface area (Å²) in [6.45, 7) is 2.85. The van der Waals surface area contributed by atoms with E-state index in [1.54, 1.807) is 12.1 Å². The van der Waals surface area contributed by atoms with E-state index in [1.165, 1.54) is 0 Å². The van der Waals surface area contributed by atoms with E-state index in [2.05, 4.69) is 31.6 Å². The van der Waals surface area contributed by atoms with Crippen LogP contribution in [0, 0.1) is 0 Å². The Kier molecular flexibility index (Phi) is 4.47. The number of phenolic OH excluding ortho intramolecular Hbond substituents is 1. The number of nitrogens with zero attached hydrogens (tertiary/aromatic N) is 5. The first-order chi connectivity index (χ1) is 12.3. The zero-order chi connectivity index (χ0) is 17.1. The second kappa shape index (κ2) is 7.06. The molecule has 3 heterocycles. The average molecular weight is 338 g/mol. The minimum Gasteiger partial charge on any atom is -0.508 e.